The minimum absolute atomic E-state index is 0.0572. The zero-order chi connectivity index (χ0) is 17.6. The zero-order valence-corrected chi connectivity index (χ0v) is 14.5. The summed E-state index contributed by atoms with van der Waals surface area (Å²) in [5, 5.41) is 5.33. The van der Waals surface area contributed by atoms with Crippen molar-refractivity contribution in [1.29, 1.82) is 0 Å². The number of hydrogen-bond acceptors (Lipinski definition) is 4. The molecule has 1 aromatic carbocycles. The van der Waals surface area contributed by atoms with Crippen molar-refractivity contribution >= 4 is 41.1 Å². The maximum absolute atomic E-state index is 11.6. The molecule has 1 rings (SSSR count). The van der Waals surface area contributed by atoms with Crippen molar-refractivity contribution in [1.82, 2.24) is 10.6 Å². The van der Waals surface area contributed by atoms with Gasteiger partial charge in [-0.15, -0.1) is 0 Å². The Labute approximate surface area is 144 Å². The van der Waals surface area contributed by atoms with Crippen molar-refractivity contribution in [3.8, 4) is 0 Å². The highest BCUT2D eigenvalue weighted by molar-refractivity contribution is 6.42. The van der Waals surface area contributed by atoms with Gasteiger partial charge in [-0.3, -0.25) is 14.9 Å². The van der Waals surface area contributed by atoms with Crippen LogP contribution in [0, 0.1) is 0 Å². The summed E-state index contributed by atoms with van der Waals surface area (Å²) in [5.74, 6) is -1.33. The lowest BCUT2D eigenvalue weighted by Gasteiger charge is -2.20. The molecule has 1 aromatic rings. The minimum Gasteiger partial charge on any atom is -0.455 e. The predicted molar refractivity (Wildman–Crippen MR) is 87.6 cm³/mol. The summed E-state index contributed by atoms with van der Waals surface area (Å²) < 4.78 is 4.80. The molecule has 126 valence electrons. The summed E-state index contributed by atoms with van der Waals surface area (Å²) in [4.78, 5) is 34.6. The highest BCUT2D eigenvalue weighted by atomic mass is 35.5. The van der Waals surface area contributed by atoms with Crippen LogP contribution in [-0.4, -0.2) is 30.1 Å². The average Bonchev–Trinajstić information content (AvgIpc) is 2.38. The van der Waals surface area contributed by atoms with E-state index in [0.717, 1.165) is 0 Å². The first kappa shape index (κ1) is 19.3. The van der Waals surface area contributed by atoms with E-state index < -0.39 is 30.1 Å². The van der Waals surface area contributed by atoms with E-state index in [-0.39, 0.29) is 6.42 Å². The molecule has 0 fully saturated rings. The molecule has 0 radical (unpaired) electrons. The second kappa shape index (κ2) is 8.17. The van der Waals surface area contributed by atoms with Crippen molar-refractivity contribution in [2.45, 2.75) is 32.7 Å². The fourth-order valence-electron chi connectivity index (χ4n) is 1.55. The summed E-state index contributed by atoms with van der Waals surface area (Å²) in [6.45, 7) is 4.77. The monoisotopic (exact) mass is 360 g/mol. The van der Waals surface area contributed by atoms with Gasteiger partial charge in [-0.1, -0.05) is 29.3 Å². The molecular formula is C15H18Cl2N2O4. The van der Waals surface area contributed by atoms with Crippen LogP contribution in [0.4, 0.5) is 4.79 Å². The summed E-state index contributed by atoms with van der Waals surface area (Å²) in [5.41, 5.74) is 0.129. The number of carbonyl (C=O) groups is 3. The molecule has 0 heterocycles. The smallest absolute Gasteiger partial charge is 0.321 e. The predicted octanol–water partition coefficient (Wildman–Crippen LogP) is 2.70. The van der Waals surface area contributed by atoms with E-state index in [9.17, 15) is 14.4 Å². The summed E-state index contributed by atoms with van der Waals surface area (Å²) >= 11 is 11.6. The number of hydrogen-bond donors (Lipinski definition) is 2. The number of ether oxygens (including phenoxy) is 1. The van der Waals surface area contributed by atoms with Crippen LogP contribution in [0.25, 0.3) is 0 Å². The number of urea groups is 1. The molecule has 0 aliphatic rings. The van der Waals surface area contributed by atoms with Gasteiger partial charge in [0.1, 0.15) is 0 Å². The van der Waals surface area contributed by atoms with Crippen molar-refractivity contribution < 1.29 is 19.1 Å². The number of rotatable bonds is 4. The lowest BCUT2D eigenvalue weighted by atomic mass is 10.1. The molecule has 6 nitrogen and oxygen atoms in total. The van der Waals surface area contributed by atoms with E-state index >= 15 is 0 Å². The molecule has 0 atom stereocenters. The number of halogens is 2. The largest absolute Gasteiger partial charge is 0.455 e. The Balaban J connectivity index is 2.39. The van der Waals surface area contributed by atoms with Gasteiger partial charge in [-0.05, 0) is 38.5 Å². The topological polar surface area (TPSA) is 84.5 Å². The van der Waals surface area contributed by atoms with Gasteiger partial charge in [0, 0.05) is 5.54 Å². The molecule has 0 unspecified atom stereocenters. The van der Waals surface area contributed by atoms with Crippen LogP contribution >= 0.6 is 23.2 Å². The van der Waals surface area contributed by atoms with E-state index in [1.54, 1.807) is 39.0 Å². The van der Waals surface area contributed by atoms with Crippen LogP contribution in [0.2, 0.25) is 10.0 Å². The minimum atomic E-state index is -0.714. The van der Waals surface area contributed by atoms with Crippen LogP contribution in [0.15, 0.2) is 18.2 Å². The van der Waals surface area contributed by atoms with Gasteiger partial charge in [-0.2, -0.15) is 0 Å². The number of esters is 1. The molecule has 8 heteroatoms. The molecule has 0 aromatic heterocycles. The molecule has 0 bridgehead atoms. The Hall–Kier alpha value is -1.79. The number of carbonyl (C=O) groups excluding carboxylic acids is 3. The number of amides is 3. The Bertz CT molecular complexity index is 612. The summed E-state index contributed by atoms with van der Waals surface area (Å²) in [6, 6.07) is 4.09. The van der Waals surface area contributed by atoms with Crippen LogP contribution in [-0.2, 0) is 20.7 Å². The van der Waals surface area contributed by atoms with Crippen LogP contribution in [0.5, 0.6) is 0 Å². The van der Waals surface area contributed by atoms with Gasteiger partial charge < -0.3 is 10.1 Å². The first-order valence-electron chi connectivity index (χ1n) is 6.78. The Kier molecular flexibility index (Phi) is 6.84. The summed E-state index contributed by atoms with van der Waals surface area (Å²) in [7, 11) is 0. The number of imide groups is 1. The van der Waals surface area contributed by atoms with E-state index in [1.165, 1.54) is 0 Å². The molecule has 0 saturated carbocycles. The quantitative estimate of drug-likeness (QED) is 0.808. The molecule has 0 aliphatic carbocycles. The normalized spacial score (nSPS) is 10.8. The molecule has 0 saturated heterocycles. The highest BCUT2D eigenvalue weighted by Gasteiger charge is 2.16. The Morgan fingerprint density at radius 1 is 1.13 bits per heavy atom. The molecule has 0 aliphatic heterocycles. The van der Waals surface area contributed by atoms with Crippen LogP contribution < -0.4 is 10.6 Å². The lowest BCUT2D eigenvalue weighted by molar-refractivity contribution is -0.147. The fraction of sp³-hybridized carbons (Fsp3) is 0.400. The van der Waals surface area contributed by atoms with Gasteiger partial charge in [0.15, 0.2) is 6.61 Å². The van der Waals surface area contributed by atoms with Gasteiger partial charge in [0.05, 0.1) is 16.5 Å². The van der Waals surface area contributed by atoms with Gasteiger partial charge in [0.25, 0.3) is 5.91 Å². The zero-order valence-electron chi connectivity index (χ0n) is 13.0. The van der Waals surface area contributed by atoms with Crippen molar-refractivity contribution in [3.05, 3.63) is 33.8 Å². The highest BCUT2D eigenvalue weighted by Crippen LogP contribution is 2.22. The first-order chi connectivity index (χ1) is 10.6. The van der Waals surface area contributed by atoms with Crippen molar-refractivity contribution in [2.24, 2.45) is 0 Å². The van der Waals surface area contributed by atoms with E-state index in [0.29, 0.717) is 15.6 Å². The molecule has 3 amide bonds. The van der Waals surface area contributed by atoms with Gasteiger partial charge >= 0.3 is 12.0 Å². The number of nitrogens with one attached hydrogen (secondary N) is 2. The SMILES string of the molecule is CC(C)(C)NC(=O)NC(=O)COC(=O)Cc1ccc(Cl)c(Cl)c1. The Morgan fingerprint density at radius 2 is 1.78 bits per heavy atom. The third-order valence-corrected chi connectivity index (χ3v) is 3.18. The molecular weight excluding hydrogens is 343 g/mol. The molecule has 0 spiro atoms. The first-order valence-corrected chi connectivity index (χ1v) is 7.54. The van der Waals surface area contributed by atoms with Gasteiger partial charge in [-0.25, -0.2) is 4.79 Å². The fourth-order valence-corrected chi connectivity index (χ4v) is 1.87. The third-order valence-electron chi connectivity index (χ3n) is 2.44. The standard InChI is InChI=1S/C15H18Cl2N2O4/c1-15(2,3)19-14(22)18-12(20)8-23-13(21)7-9-4-5-10(16)11(17)6-9/h4-6H,7-8H2,1-3H3,(H2,18,19,20,22). The molecule has 2 N–H and O–H groups in total. The number of benzene rings is 1. The van der Waals surface area contributed by atoms with Crippen LogP contribution in [0.3, 0.4) is 0 Å². The maximum Gasteiger partial charge on any atom is 0.321 e. The van der Waals surface area contributed by atoms with Crippen molar-refractivity contribution in [3.63, 3.8) is 0 Å². The van der Waals surface area contributed by atoms with E-state index in [2.05, 4.69) is 10.6 Å². The second-order valence-electron chi connectivity index (χ2n) is 5.84. The lowest BCUT2D eigenvalue weighted by Crippen LogP contribution is -2.49. The third kappa shape index (κ3) is 7.85. The van der Waals surface area contributed by atoms with E-state index in [1.807, 2.05) is 0 Å². The summed E-state index contributed by atoms with van der Waals surface area (Å²) in [6.07, 6.45) is -0.0572. The van der Waals surface area contributed by atoms with Crippen LogP contribution in [0.1, 0.15) is 26.3 Å². The Morgan fingerprint density at radius 3 is 2.35 bits per heavy atom. The maximum atomic E-state index is 11.6. The molecule has 23 heavy (non-hydrogen) atoms. The second-order valence-corrected chi connectivity index (χ2v) is 6.65. The average molecular weight is 361 g/mol. The van der Waals surface area contributed by atoms with E-state index in [4.69, 9.17) is 27.9 Å². The van der Waals surface area contributed by atoms with Crippen molar-refractivity contribution in [2.75, 3.05) is 6.61 Å². The van der Waals surface area contributed by atoms with Gasteiger partial charge in [0.2, 0.25) is 0 Å².